The number of hydrogen-bond acceptors (Lipinski definition) is 4. The van der Waals surface area contributed by atoms with Crippen molar-refractivity contribution in [3.63, 3.8) is 0 Å². The molecule has 0 aromatic rings. The minimum atomic E-state index is -0.741. The van der Waals surface area contributed by atoms with E-state index in [9.17, 15) is 9.59 Å². The van der Waals surface area contributed by atoms with Crippen molar-refractivity contribution in [2.45, 2.75) is 46.6 Å². The number of piperidine rings is 1. The molecule has 1 amide bonds. The summed E-state index contributed by atoms with van der Waals surface area (Å²) in [5, 5.41) is 0. The Morgan fingerprint density at radius 3 is 2.48 bits per heavy atom. The van der Waals surface area contributed by atoms with Gasteiger partial charge in [-0.05, 0) is 38.8 Å². The Morgan fingerprint density at radius 1 is 1.38 bits per heavy atom. The van der Waals surface area contributed by atoms with Gasteiger partial charge in [-0.2, -0.15) is 0 Å². The second-order valence-corrected chi connectivity index (χ2v) is 7.06. The van der Waals surface area contributed by atoms with Crippen molar-refractivity contribution in [1.29, 1.82) is 0 Å². The van der Waals surface area contributed by atoms with E-state index in [1.54, 1.807) is 11.8 Å². The smallest absolute Gasteiger partial charge is 0.319 e. The number of carbonyl (C=O) groups excluding carboxylic acids is 2. The lowest BCUT2D eigenvalue weighted by Gasteiger charge is -2.39. The number of nitrogens with zero attached hydrogens (tertiary/aromatic N) is 2. The molecule has 0 aromatic heterocycles. The first-order chi connectivity index (χ1) is 9.68. The van der Waals surface area contributed by atoms with E-state index >= 15 is 0 Å². The van der Waals surface area contributed by atoms with Gasteiger partial charge in [-0.3, -0.25) is 9.59 Å². The molecule has 122 valence electrons. The molecule has 2 atom stereocenters. The van der Waals surface area contributed by atoms with Gasteiger partial charge in [0.1, 0.15) is 5.92 Å². The van der Waals surface area contributed by atoms with Crippen LogP contribution in [0.4, 0.5) is 0 Å². The Hall–Kier alpha value is -1.10. The van der Waals surface area contributed by atoms with Crippen LogP contribution in [0.25, 0.3) is 0 Å². The van der Waals surface area contributed by atoms with E-state index in [1.165, 1.54) is 0 Å². The molecule has 1 rings (SSSR count). The molecule has 0 radical (unpaired) electrons. The van der Waals surface area contributed by atoms with Crippen LogP contribution in [-0.4, -0.2) is 61.5 Å². The van der Waals surface area contributed by atoms with Crippen molar-refractivity contribution in [1.82, 2.24) is 9.80 Å². The highest BCUT2D eigenvalue weighted by Gasteiger charge is 2.42. The predicted molar refractivity (Wildman–Crippen MR) is 82.9 cm³/mol. The molecule has 1 fully saturated rings. The molecular formula is C16H30N2O3. The van der Waals surface area contributed by atoms with Gasteiger partial charge < -0.3 is 14.5 Å². The summed E-state index contributed by atoms with van der Waals surface area (Å²) in [6, 6.07) is 0.176. The number of ether oxygens (including phenoxy) is 1. The molecule has 1 saturated heterocycles. The van der Waals surface area contributed by atoms with Crippen LogP contribution < -0.4 is 0 Å². The lowest BCUT2D eigenvalue weighted by Crippen LogP contribution is -2.52. The highest BCUT2D eigenvalue weighted by atomic mass is 16.5. The number of amides is 1. The second-order valence-electron chi connectivity index (χ2n) is 7.06. The van der Waals surface area contributed by atoms with Crippen molar-refractivity contribution in [2.75, 3.05) is 33.8 Å². The summed E-state index contributed by atoms with van der Waals surface area (Å²) in [5.41, 5.74) is -0.446. The average molecular weight is 298 g/mol. The van der Waals surface area contributed by atoms with Gasteiger partial charge in [0.05, 0.1) is 6.61 Å². The number of likely N-dealkylation sites (tertiary alicyclic amines) is 1. The summed E-state index contributed by atoms with van der Waals surface area (Å²) in [6.07, 6.45) is 2.07. The highest BCUT2D eigenvalue weighted by molar-refractivity contribution is 5.98. The van der Waals surface area contributed by atoms with E-state index in [2.05, 4.69) is 11.9 Å². The van der Waals surface area contributed by atoms with E-state index < -0.39 is 17.3 Å². The molecule has 1 heterocycles. The van der Waals surface area contributed by atoms with E-state index in [1.807, 2.05) is 27.8 Å². The summed E-state index contributed by atoms with van der Waals surface area (Å²) >= 11 is 0. The molecule has 5 heteroatoms. The minimum absolute atomic E-state index is 0.124. The average Bonchev–Trinajstić information content (AvgIpc) is 2.36. The molecule has 0 aliphatic carbocycles. The first-order valence-electron chi connectivity index (χ1n) is 7.80. The molecule has 0 N–H and O–H groups in total. The number of rotatable bonds is 4. The molecule has 5 nitrogen and oxygen atoms in total. The third-order valence-corrected chi connectivity index (χ3v) is 4.13. The van der Waals surface area contributed by atoms with Crippen LogP contribution in [0.1, 0.15) is 40.5 Å². The van der Waals surface area contributed by atoms with Crippen LogP contribution in [0.5, 0.6) is 0 Å². The zero-order valence-corrected chi connectivity index (χ0v) is 14.3. The number of likely N-dealkylation sites (N-methyl/N-ethyl adjacent to an activating group) is 2. The molecule has 1 aliphatic heterocycles. The van der Waals surface area contributed by atoms with Crippen LogP contribution >= 0.6 is 0 Å². The number of esters is 1. The fourth-order valence-electron chi connectivity index (χ4n) is 2.89. The molecule has 0 bridgehead atoms. The Kier molecular flexibility index (Phi) is 6.20. The highest BCUT2D eigenvalue weighted by Crippen LogP contribution is 2.30. The Bertz CT molecular complexity index is 376. The van der Waals surface area contributed by atoms with Gasteiger partial charge in [-0.1, -0.05) is 20.8 Å². The Morgan fingerprint density at radius 2 is 2.00 bits per heavy atom. The van der Waals surface area contributed by atoms with Crippen LogP contribution in [0.3, 0.4) is 0 Å². The molecule has 0 aromatic carbocycles. The van der Waals surface area contributed by atoms with Gasteiger partial charge in [-0.25, -0.2) is 0 Å². The first-order valence-corrected chi connectivity index (χ1v) is 7.80. The molecule has 2 unspecified atom stereocenters. The maximum atomic E-state index is 12.8. The topological polar surface area (TPSA) is 49.9 Å². The van der Waals surface area contributed by atoms with Gasteiger partial charge in [-0.15, -0.1) is 0 Å². The predicted octanol–water partition coefficient (Wildman–Crippen LogP) is 1.76. The Balaban J connectivity index is 2.86. The number of hydrogen-bond donors (Lipinski definition) is 0. The van der Waals surface area contributed by atoms with Crippen LogP contribution in [0.15, 0.2) is 0 Å². The summed E-state index contributed by atoms with van der Waals surface area (Å²) < 4.78 is 5.11. The third-order valence-electron chi connectivity index (χ3n) is 4.13. The van der Waals surface area contributed by atoms with Gasteiger partial charge in [0.15, 0.2) is 0 Å². The lowest BCUT2D eigenvalue weighted by molar-refractivity contribution is -0.161. The lowest BCUT2D eigenvalue weighted by atomic mass is 9.79. The van der Waals surface area contributed by atoms with Crippen LogP contribution in [0.2, 0.25) is 0 Å². The van der Waals surface area contributed by atoms with Gasteiger partial charge in [0.2, 0.25) is 5.91 Å². The zero-order chi connectivity index (χ0) is 16.2. The minimum Gasteiger partial charge on any atom is -0.465 e. The number of carbonyl (C=O) groups is 2. The van der Waals surface area contributed by atoms with Crippen molar-refractivity contribution < 1.29 is 14.3 Å². The molecule has 1 aliphatic rings. The van der Waals surface area contributed by atoms with Gasteiger partial charge in [0, 0.05) is 19.6 Å². The maximum Gasteiger partial charge on any atom is 0.319 e. The fraction of sp³-hybridized carbons (Fsp3) is 0.875. The van der Waals surface area contributed by atoms with E-state index in [4.69, 9.17) is 4.74 Å². The SMILES string of the molecule is CCOC(=O)C(C(=O)N(C)C1CCCN(C)C1)C(C)(C)C. The summed E-state index contributed by atoms with van der Waals surface area (Å²) in [4.78, 5) is 29.0. The van der Waals surface area contributed by atoms with Gasteiger partial charge >= 0.3 is 5.97 Å². The summed E-state index contributed by atoms with van der Waals surface area (Å²) in [7, 11) is 3.88. The van der Waals surface area contributed by atoms with E-state index in [0.29, 0.717) is 6.61 Å². The summed E-state index contributed by atoms with van der Waals surface area (Å²) in [5.74, 6) is -1.28. The second kappa shape index (κ2) is 7.25. The van der Waals surface area contributed by atoms with Crippen LogP contribution in [0, 0.1) is 11.3 Å². The quantitative estimate of drug-likeness (QED) is 0.586. The molecular weight excluding hydrogens is 268 g/mol. The molecule has 21 heavy (non-hydrogen) atoms. The largest absolute Gasteiger partial charge is 0.465 e. The molecule has 0 saturated carbocycles. The standard InChI is InChI=1S/C16H30N2O3/c1-7-21-15(20)13(16(2,3)4)14(19)18(6)12-9-8-10-17(5)11-12/h12-13H,7-11H2,1-6H3. The first kappa shape index (κ1) is 18.0. The molecule has 0 spiro atoms. The van der Waals surface area contributed by atoms with Crippen molar-refractivity contribution in [2.24, 2.45) is 11.3 Å². The van der Waals surface area contributed by atoms with Crippen molar-refractivity contribution in [3.05, 3.63) is 0 Å². The third kappa shape index (κ3) is 4.70. The fourth-order valence-corrected chi connectivity index (χ4v) is 2.89. The van der Waals surface area contributed by atoms with Gasteiger partial charge in [0.25, 0.3) is 0 Å². The van der Waals surface area contributed by atoms with E-state index in [-0.39, 0.29) is 11.9 Å². The monoisotopic (exact) mass is 298 g/mol. The Labute approximate surface area is 128 Å². The normalized spacial score (nSPS) is 21.7. The van der Waals surface area contributed by atoms with E-state index in [0.717, 1.165) is 25.9 Å². The maximum absolute atomic E-state index is 12.8. The summed E-state index contributed by atoms with van der Waals surface area (Å²) in [6.45, 7) is 9.73. The van der Waals surface area contributed by atoms with Crippen molar-refractivity contribution >= 4 is 11.9 Å². The zero-order valence-electron chi connectivity index (χ0n) is 14.3. The van der Waals surface area contributed by atoms with Crippen LogP contribution in [-0.2, 0) is 14.3 Å². The van der Waals surface area contributed by atoms with Crippen molar-refractivity contribution in [3.8, 4) is 0 Å².